The molecule has 1 aromatic heterocycles. The third kappa shape index (κ3) is 2.19. The molecule has 0 saturated heterocycles. The molecule has 0 radical (unpaired) electrons. The quantitative estimate of drug-likeness (QED) is 0.823. The lowest BCUT2D eigenvalue weighted by Crippen LogP contribution is -2.05. The molecule has 0 saturated carbocycles. The Labute approximate surface area is 88.1 Å². The predicted molar refractivity (Wildman–Crippen MR) is 52.2 cm³/mol. The maximum atomic E-state index is 12.3. The number of hydrogen-bond donors (Lipinski definition) is 2. The van der Waals surface area contributed by atoms with Gasteiger partial charge in [-0.15, -0.1) is 0 Å². The molecule has 1 aromatic rings. The monoisotopic (exact) mass is 266 g/mol. The maximum Gasteiger partial charge on any atom is 0.280 e. The average molecular weight is 267 g/mol. The SMILES string of the molecule is Nc1nc(C(F)F)cc(CBr)c1CO. The van der Waals surface area contributed by atoms with Crippen LogP contribution in [0.4, 0.5) is 14.6 Å². The molecule has 14 heavy (non-hydrogen) atoms. The van der Waals surface area contributed by atoms with Gasteiger partial charge in [-0.1, -0.05) is 15.9 Å². The molecular formula is C8H9BrF2N2O. The first-order chi connectivity index (χ1) is 6.60. The summed E-state index contributed by atoms with van der Waals surface area (Å²) in [6, 6.07) is 1.24. The van der Waals surface area contributed by atoms with Crippen molar-refractivity contribution in [3.63, 3.8) is 0 Å². The van der Waals surface area contributed by atoms with Crippen LogP contribution in [-0.2, 0) is 11.9 Å². The molecule has 0 aliphatic carbocycles. The summed E-state index contributed by atoms with van der Waals surface area (Å²) >= 11 is 3.13. The molecule has 3 nitrogen and oxygen atoms in total. The molecule has 1 rings (SSSR count). The van der Waals surface area contributed by atoms with Crippen LogP contribution in [0.5, 0.6) is 0 Å². The van der Waals surface area contributed by atoms with E-state index in [-0.39, 0.29) is 18.1 Å². The zero-order valence-corrected chi connectivity index (χ0v) is 8.76. The highest BCUT2D eigenvalue weighted by Gasteiger charge is 2.14. The summed E-state index contributed by atoms with van der Waals surface area (Å²) < 4.78 is 24.6. The number of halogens is 3. The number of aliphatic hydroxyl groups excluding tert-OH is 1. The maximum absolute atomic E-state index is 12.3. The van der Waals surface area contributed by atoms with E-state index in [9.17, 15) is 8.78 Å². The molecule has 0 unspecified atom stereocenters. The van der Waals surface area contributed by atoms with E-state index in [0.717, 1.165) is 0 Å². The number of aliphatic hydroxyl groups is 1. The van der Waals surface area contributed by atoms with Crippen molar-refractivity contribution in [1.29, 1.82) is 0 Å². The zero-order chi connectivity index (χ0) is 10.7. The molecule has 0 amide bonds. The fraction of sp³-hybridized carbons (Fsp3) is 0.375. The van der Waals surface area contributed by atoms with Crippen molar-refractivity contribution in [2.75, 3.05) is 5.73 Å². The predicted octanol–water partition coefficient (Wildman–Crippen LogP) is 1.99. The summed E-state index contributed by atoms with van der Waals surface area (Å²) in [5.41, 5.74) is 5.99. The minimum Gasteiger partial charge on any atom is -0.392 e. The molecule has 6 heteroatoms. The van der Waals surface area contributed by atoms with Gasteiger partial charge in [-0.25, -0.2) is 13.8 Å². The lowest BCUT2D eigenvalue weighted by Gasteiger charge is -2.09. The highest BCUT2D eigenvalue weighted by atomic mass is 79.9. The van der Waals surface area contributed by atoms with E-state index in [1.165, 1.54) is 6.07 Å². The summed E-state index contributed by atoms with van der Waals surface area (Å²) in [6.07, 6.45) is -2.65. The number of aromatic nitrogens is 1. The second-order valence-electron chi connectivity index (χ2n) is 2.66. The van der Waals surface area contributed by atoms with Crippen LogP contribution in [-0.4, -0.2) is 10.1 Å². The number of alkyl halides is 3. The van der Waals surface area contributed by atoms with Gasteiger partial charge in [-0.3, -0.25) is 0 Å². The van der Waals surface area contributed by atoms with Crippen LogP contribution in [0.2, 0.25) is 0 Å². The van der Waals surface area contributed by atoms with Crippen molar-refractivity contribution < 1.29 is 13.9 Å². The van der Waals surface area contributed by atoms with Gasteiger partial charge >= 0.3 is 0 Å². The highest BCUT2D eigenvalue weighted by Crippen LogP contribution is 2.24. The first-order valence-corrected chi connectivity index (χ1v) is 4.95. The van der Waals surface area contributed by atoms with Crippen molar-refractivity contribution in [3.05, 3.63) is 22.9 Å². The summed E-state index contributed by atoms with van der Waals surface area (Å²) in [4.78, 5) is 3.50. The van der Waals surface area contributed by atoms with E-state index in [4.69, 9.17) is 10.8 Å². The first kappa shape index (κ1) is 11.3. The van der Waals surface area contributed by atoms with Crippen LogP contribution < -0.4 is 5.73 Å². The Kier molecular flexibility index (Phi) is 3.77. The number of nitrogens with two attached hydrogens (primary N) is 1. The van der Waals surface area contributed by atoms with Crippen molar-refractivity contribution in [2.24, 2.45) is 0 Å². The van der Waals surface area contributed by atoms with Gasteiger partial charge in [0.2, 0.25) is 0 Å². The number of anilines is 1. The lowest BCUT2D eigenvalue weighted by molar-refractivity contribution is 0.146. The molecule has 3 N–H and O–H groups in total. The second-order valence-corrected chi connectivity index (χ2v) is 3.22. The smallest absolute Gasteiger partial charge is 0.280 e. The molecule has 0 atom stereocenters. The summed E-state index contributed by atoms with van der Waals surface area (Å²) in [7, 11) is 0. The minimum atomic E-state index is -2.65. The molecular weight excluding hydrogens is 258 g/mol. The number of hydrogen-bond acceptors (Lipinski definition) is 3. The Morgan fingerprint density at radius 3 is 2.64 bits per heavy atom. The molecule has 0 fully saturated rings. The second kappa shape index (κ2) is 4.65. The molecule has 0 aliphatic rings. The molecule has 0 aromatic carbocycles. The van der Waals surface area contributed by atoms with E-state index in [0.29, 0.717) is 16.5 Å². The van der Waals surface area contributed by atoms with E-state index in [1.807, 2.05) is 0 Å². The lowest BCUT2D eigenvalue weighted by atomic mass is 10.1. The van der Waals surface area contributed by atoms with Gasteiger partial charge < -0.3 is 10.8 Å². The topological polar surface area (TPSA) is 59.1 Å². The van der Waals surface area contributed by atoms with Gasteiger partial charge in [0.05, 0.1) is 6.61 Å². The van der Waals surface area contributed by atoms with Gasteiger partial charge in [-0.2, -0.15) is 0 Å². The van der Waals surface area contributed by atoms with Crippen LogP contribution >= 0.6 is 15.9 Å². The Hall–Kier alpha value is -0.750. The van der Waals surface area contributed by atoms with Crippen molar-refractivity contribution in [3.8, 4) is 0 Å². The van der Waals surface area contributed by atoms with Crippen molar-refractivity contribution in [1.82, 2.24) is 4.98 Å². The van der Waals surface area contributed by atoms with E-state index in [1.54, 1.807) is 0 Å². The van der Waals surface area contributed by atoms with Gasteiger partial charge in [0, 0.05) is 10.9 Å². The summed E-state index contributed by atoms with van der Waals surface area (Å²) in [5, 5.41) is 9.29. The van der Waals surface area contributed by atoms with Crippen LogP contribution in [0.3, 0.4) is 0 Å². The third-order valence-electron chi connectivity index (χ3n) is 1.79. The van der Waals surface area contributed by atoms with Crippen LogP contribution in [0.25, 0.3) is 0 Å². The number of rotatable bonds is 3. The van der Waals surface area contributed by atoms with Gasteiger partial charge in [0.25, 0.3) is 6.43 Å². The molecule has 78 valence electrons. The number of nitrogens with zero attached hydrogens (tertiary/aromatic N) is 1. The van der Waals surface area contributed by atoms with Crippen LogP contribution in [0, 0.1) is 0 Å². The van der Waals surface area contributed by atoms with Gasteiger partial charge in [-0.05, 0) is 11.6 Å². The molecule has 0 aliphatic heterocycles. The largest absolute Gasteiger partial charge is 0.392 e. The van der Waals surface area contributed by atoms with Crippen molar-refractivity contribution in [2.45, 2.75) is 18.4 Å². The van der Waals surface area contributed by atoms with E-state index >= 15 is 0 Å². The normalized spacial score (nSPS) is 10.9. The molecule has 0 spiro atoms. The minimum absolute atomic E-state index is 0.0419. The molecule has 1 heterocycles. The Morgan fingerprint density at radius 1 is 1.57 bits per heavy atom. The average Bonchev–Trinajstić information content (AvgIpc) is 2.16. The standard InChI is InChI=1S/C8H9BrF2N2O/c9-2-4-1-6(7(10)11)13-8(12)5(4)3-14/h1,7,14H,2-3H2,(H2,12,13). The Balaban J connectivity index is 3.24. The van der Waals surface area contributed by atoms with Crippen LogP contribution in [0.15, 0.2) is 6.07 Å². The number of pyridine rings is 1. The Morgan fingerprint density at radius 2 is 2.21 bits per heavy atom. The van der Waals surface area contributed by atoms with Gasteiger partial charge in [0.15, 0.2) is 0 Å². The first-order valence-electron chi connectivity index (χ1n) is 3.83. The highest BCUT2D eigenvalue weighted by molar-refractivity contribution is 9.08. The van der Waals surface area contributed by atoms with E-state index in [2.05, 4.69) is 20.9 Å². The summed E-state index contributed by atoms with van der Waals surface area (Å²) in [5.74, 6) is -0.0419. The zero-order valence-electron chi connectivity index (χ0n) is 7.17. The fourth-order valence-electron chi connectivity index (χ4n) is 1.08. The Bertz CT molecular complexity index is 333. The van der Waals surface area contributed by atoms with E-state index < -0.39 is 6.43 Å². The van der Waals surface area contributed by atoms with Gasteiger partial charge in [0.1, 0.15) is 11.5 Å². The third-order valence-corrected chi connectivity index (χ3v) is 2.40. The van der Waals surface area contributed by atoms with Crippen LogP contribution in [0.1, 0.15) is 23.2 Å². The fourth-order valence-corrected chi connectivity index (χ4v) is 1.58. The van der Waals surface area contributed by atoms with Crippen molar-refractivity contribution >= 4 is 21.7 Å². The number of nitrogen functional groups attached to an aromatic ring is 1. The summed E-state index contributed by atoms with van der Waals surface area (Å²) in [6.45, 7) is -0.302. The molecule has 0 bridgehead atoms.